The highest BCUT2D eigenvalue weighted by Crippen LogP contribution is 2.27. The van der Waals surface area contributed by atoms with E-state index < -0.39 is 0 Å². The molecule has 3 heterocycles. The zero-order chi connectivity index (χ0) is 16.2. The number of nitrogens with one attached hydrogen (secondary N) is 1. The van der Waals surface area contributed by atoms with Crippen molar-refractivity contribution >= 4 is 22.3 Å². The molecule has 24 heavy (non-hydrogen) atoms. The van der Waals surface area contributed by atoms with Crippen LogP contribution in [0.4, 0.5) is 10.9 Å². The number of hydrogen-bond donors (Lipinski definition) is 1. The minimum atomic E-state index is 0.776. The summed E-state index contributed by atoms with van der Waals surface area (Å²) in [6, 6.07) is 20.1. The lowest BCUT2D eigenvalue weighted by molar-refractivity contribution is 1.26. The molecule has 4 rings (SSSR count). The van der Waals surface area contributed by atoms with Crippen LogP contribution in [0.25, 0.3) is 22.5 Å². The van der Waals surface area contributed by atoms with E-state index >= 15 is 0 Å². The number of anilines is 2. The van der Waals surface area contributed by atoms with E-state index in [9.17, 15) is 0 Å². The van der Waals surface area contributed by atoms with E-state index in [2.05, 4.69) is 32.4 Å². The Hall–Kier alpha value is -3.05. The zero-order valence-electron chi connectivity index (χ0n) is 12.8. The lowest BCUT2D eigenvalue weighted by Gasteiger charge is -2.05. The molecule has 1 N–H and O–H groups in total. The summed E-state index contributed by atoms with van der Waals surface area (Å²) in [5.74, 6) is 0.776. The lowest BCUT2D eigenvalue weighted by Crippen LogP contribution is -1.93. The number of benzene rings is 1. The third kappa shape index (κ3) is 3.16. The quantitative estimate of drug-likeness (QED) is 0.571. The topological polar surface area (TPSA) is 50.7 Å². The van der Waals surface area contributed by atoms with Gasteiger partial charge in [0, 0.05) is 17.8 Å². The Morgan fingerprint density at radius 2 is 1.62 bits per heavy atom. The number of hydrogen-bond acceptors (Lipinski definition) is 5. The average Bonchev–Trinajstić information content (AvgIpc) is 3.12. The van der Waals surface area contributed by atoms with E-state index in [-0.39, 0.29) is 0 Å². The highest BCUT2D eigenvalue weighted by atomic mass is 32.1. The second kappa shape index (κ2) is 6.60. The molecule has 0 spiro atoms. The number of pyridine rings is 2. The van der Waals surface area contributed by atoms with E-state index in [1.807, 2.05) is 53.9 Å². The van der Waals surface area contributed by atoms with Crippen LogP contribution in [0.15, 0.2) is 78.4 Å². The van der Waals surface area contributed by atoms with Crippen molar-refractivity contribution < 1.29 is 0 Å². The predicted octanol–water partition coefficient (Wildman–Crippen LogP) is 5.01. The third-order valence-corrected chi connectivity index (χ3v) is 4.29. The summed E-state index contributed by atoms with van der Waals surface area (Å²) in [7, 11) is 0. The van der Waals surface area contributed by atoms with Crippen molar-refractivity contribution in [3.05, 3.63) is 78.4 Å². The van der Waals surface area contributed by atoms with Crippen LogP contribution in [0.5, 0.6) is 0 Å². The van der Waals surface area contributed by atoms with Crippen LogP contribution < -0.4 is 5.32 Å². The SMILES string of the molecule is c1ccc(-c2ccnc(Nc3nc(-c4ccccn4)cs3)c2)cc1. The number of nitrogens with zero attached hydrogens (tertiary/aromatic N) is 3. The third-order valence-electron chi connectivity index (χ3n) is 3.53. The Morgan fingerprint density at radius 3 is 2.46 bits per heavy atom. The molecule has 116 valence electrons. The molecule has 0 radical (unpaired) electrons. The van der Waals surface area contributed by atoms with E-state index in [4.69, 9.17) is 0 Å². The van der Waals surface area contributed by atoms with Gasteiger partial charge in [0.15, 0.2) is 5.13 Å². The Balaban J connectivity index is 1.57. The van der Waals surface area contributed by atoms with Crippen molar-refractivity contribution in [2.75, 3.05) is 5.32 Å². The second-order valence-corrected chi connectivity index (χ2v) is 6.03. The van der Waals surface area contributed by atoms with Crippen molar-refractivity contribution in [2.24, 2.45) is 0 Å². The van der Waals surface area contributed by atoms with Crippen LogP contribution >= 0.6 is 11.3 Å². The summed E-state index contributed by atoms with van der Waals surface area (Å²) in [6.07, 6.45) is 3.57. The summed E-state index contributed by atoms with van der Waals surface area (Å²) in [6.45, 7) is 0. The van der Waals surface area contributed by atoms with Crippen LogP contribution in [0.1, 0.15) is 0 Å². The molecular weight excluding hydrogens is 316 g/mol. The summed E-state index contributed by atoms with van der Waals surface area (Å²) in [4.78, 5) is 13.3. The average molecular weight is 330 g/mol. The summed E-state index contributed by atoms with van der Waals surface area (Å²) >= 11 is 1.54. The molecule has 4 nitrogen and oxygen atoms in total. The fourth-order valence-electron chi connectivity index (χ4n) is 2.38. The van der Waals surface area contributed by atoms with Crippen LogP contribution in [0.2, 0.25) is 0 Å². The van der Waals surface area contributed by atoms with Crippen molar-refractivity contribution in [1.29, 1.82) is 0 Å². The molecular formula is C19H14N4S. The first kappa shape index (κ1) is 14.5. The molecule has 0 saturated heterocycles. The minimum Gasteiger partial charge on any atom is -0.316 e. The Bertz CT molecular complexity index is 936. The molecule has 1 aromatic carbocycles. The smallest absolute Gasteiger partial charge is 0.188 e. The van der Waals surface area contributed by atoms with Gasteiger partial charge in [-0.05, 0) is 35.4 Å². The van der Waals surface area contributed by atoms with E-state index in [0.29, 0.717) is 0 Å². The molecule has 0 aliphatic rings. The van der Waals surface area contributed by atoms with Gasteiger partial charge in [-0.3, -0.25) is 4.98 Å². The highest BCUT2D eigenvalue weighted by molar-refractivity contribution is 7.14. The first-order valence-corrected chi connectivity index (χ1v) is 8.42. The van der Waals surface area contributed by atoms with E-state index in [1.165, 1.54) is 11.3 Å². The molecule has 4 aromatic rings. The molecule has 0 fully saturated rings. The molecule has 0 unspecified atom stereocenters. The van der Waals surface area contributed by atoms with E-state index in [0.717, 1.165) is 33.5 Å². The van der Waals surface area contributed by atoms with Gasteiger partial charge in [0.1, 0.15) is 11.5 Å². The maximum atomic E-state index is 4.58. The molecule has 0 saturated carbocycles. The predicted molar refractivity (Wildman–Crippen MR) is 98.3 cm³/mol. The fourth-order valence-corrected chi connectivity index (χ4v) is 3.09. The van der Waals surface area contributed by atoms with Crippen LogP contribution in [0, 0.1) is 0 Å². The summed E-state index contributed by atoms with van der Waals surface area (Å²) < 4.78 is 0. The maximum Gasteiger partial charge on any atom is 0.188 e. The van der Waals surface area contributed by atoms with Gasteiger partial charge in [0.25, 0.3) is 0 Å². The van der Waals surface area contributed by atoms with Gasteiger partial charge in [-0.25, -0.2) is 9.97 Å². The van der Waals surface area contributed by atoms with Gasteiger partial charge in [-0.15, -0.1) is 11.3 Å². The molecule has 5 heteroatoms. The second-order valence-electron chi connectivity index (χ2n) is 5.17. The fraction of sp³-hybridized carbons (Fsp3) is 0. The molecule has 0 atom stereocenters. The van der Waals surface area contributed by atoms with Crippen molar-refractivity contribution in [2.45, 2.75) is 0 Å². The summed E-state index contributed by atoms with van der Waals surface area (Å²) in [5, 5.41) is 6.06. The van der Waals surface area contributed by atoms with Crippen LogP contribution in [-0.2, 0) is 0 Å². The Labute approximate surface area is 143 Å². The largest absolute Gasteiger partial charge is 0.316 e. The summed E-state index contributed by atoms with van der Waals surface area (Å²) in [5.41, 5.74) is 4.01. The molecule has 0 bridgehead atoms. The number of rotatable bonds is 4. The number of aromatic nitrogens is 3. The molecule has 0 amide bonds. The van der Waals surface area contributed by atoms with Crippen molar-refractivity contribution in [1.82, 2.24) is 15.0 Å². The van der Waals surface area contributed by atoms with Gasteiger partial charge in [0.2, 0.25) is 0 Å². The normalized spacial score (nSPS) is 10.5. The van der Waals surface area contributed by atoms with Gasteiger partial charge in [-0.1, -0.05) is 36.4 Å². The van der Waals surface area contributed by atoms with E-state index in [1.54, 1.807) is 12.4 Å². The minimum absolute atomic E-state index is 0.776. The zero-order valence-corrected chi connectivity index (χ0v) is 13.6. The van der Waals surface area contributed by atoms with Gasteiger partial charge in [0.05, 0.1) is 5.69 Å². The van der Waals surface area contributed by atoms with Crippen molar-refractivity contribution in [3.8, 4) is 22.5 Å². The maximum absolute atomic E-state index is 4.58. The lowest BCUT2D eigenvalue weighted by atomic mass is 10.1. The highest BCUT2D eigenvalue weighted by Gasteiger charge is 2.07. The molecule has 0 aliphatic heterocycles. The van der Waals surface area contributed by atoms with Crippen molar-refractivity contribution in [3.63, 3.8) is 0 Å². The molecule has 0 aliphatic carbocycles. The van der Waals surface area contributed by atoms with Gasteiger partial charge >= 0.3 is 0 Å². The van der Waals surface area contributed by atoms with Gasteiger partial charge < -0.3 is 5.32 Å². The van der Waals surface area contributed by atoms with Crippen LogP contribution in [0.3, 0.4) is 0 Å². The Morgan fingerprint density at radius 1 is 0.750 bits per heavy atom. The monoisotopic (exact) mass is 330 g/mol. The van der Waals surface area contributed by atoms with Crippen LogP contribution in [-0.4, -0.2) is 15.0 Å². The standard InChI is InChI=1S/C19H14N4S/c1-2-6-14(7-3-1)15-9-11-21-18(12-15)23-19-22-17(13-24-19)16-8-4-5-10-20-16/h1-13H,(H,21,22,23). The first-order valence-electron chi connectivity index (χ1n) is 7.54. The first-order chi connectivity index (χ1) is 11.9. The Kier molecular flexibility index (Phi) is 4.00. The molecule has 3 aromatic heterocycles. The van der Waals surface area contributed by atoms with Gasteiger partial charge in [-0.2, -0.15) is 0 Å². The number of thiazole rings is 1.